The van der Waals surface area contributed by atoms with Crippen LogP contribution >= 0.6 is 12.4 Å². The zero-order valence-electron chi connectivity index (χ0n) is 14.8. The Bertz CT molecular complexity index is 750. The lowest BCUT2D eigenvalue weighted by Gasteiger charge is -2.12. The second-order valence-corrected chi connectivity index (χ2v) is 5.75. The van der Waals surface area contributed by atoms with Crippen molar-refractivity contribution in [1.29, 1.82) is 0 Å². The van der Waals surface area contributed by atoms with Crippen molar-refractivity contribution in [1.82, 2.24) is 0 Å². The number of halogens is 4. The Labute approximate surface area is 162 Å². The molecule has 27 heavy (non-hydrogen) atoms. The second-order valence-electron chi connectivity index (χ2n) is 5.75. The second kappa shape index (κ2) is 10.2. The van der Waals surface area contributed by atoms with Crippen molar-refractivity contribution < 1.29 is 22.7 Å². The molecule has 0 unspecified atom stereocenters. The lowest BCUT2D eigenvalue weighted by molar-refractivity contribution is -0.137. The number of benzene rings is 2. The molecule has 0 aromatic heterocycles. The van der Waals surface area contributed by atoms with E-state index in [-0.39, 0.29) is 37.0 Å². The average Bonchev–Trinajstić information content (AvgIpc) is 2.60. The summed E-state index contributed by atoms with van der Waals surface area (Å²) in [5.41, 5.74) is 5.95. The van der Waals surface area contributed by atoms with Gasteiger partial charge in [-0.05, 0) is 54.8 Å². The van der Waals surface area contributed by atoms with Crippen LogP contribution in [0.25, 0.3) is 0 Å². The van der Waals surface area contributed by atoms with Crippen LogP contribution < -0.4 is 15.8 Å². The van der Waals surface area contributed by atoms with Gasteiger partial charge in [-0.2, -0.15) is 13.2 Å². The molecule has 0 saturated carbocycles. The van der Waals surface area contributed by atoms with E-state index >= 15 is 0 Å². The number of carbonyl (C=O) groups excluding carboxylic acids is 1. The molecule has 0 aliphatic carbocycles. The summed E-state index contributed by atoms with van der Waals surface area (Å²) in [6, 6.07) is 10.7. The van der Waals surface area contributed by atoms with E-state index in [2.05, 4.69) is 5.32 Å². The molecule has 0 spiro atoms. The number of hydrogen-bond donors (Lipinski definition) is 2. The molecule has 0 saturated heterocycles. The zero-order valence-corrected chi connectivity index (χ0v) is 15.6. The number of aryl methyl sites for hydroxylation is 1. The van der Waals surface area contributed by atoms with Crippen LogP contribution in [0.5, 0.6) is 5.75 Å². The topological polar surface area (TPSA) is 64.3 Å². The first kappa shape index (κ1) is 22.8. The Kier molecular flexibility index (Phi) is 8.59. The summed E-state index contributed by atoms with van der Waals surface area (Å²) in [4.78, 5) is 12.1. The van der Waals surface area contributed by atoms with Crippen LogP contribution in [-0.2, 0) is 23.9 Å². The smallest absolute Gasteiger partial charge is 0.416 e. The number of hydrogen-bond acceptors (Lipinski definition) is 3. The summed E-state index contributed by atoms with van der Waals surface area (Å²) in [7, 11) is 0. The molecule has 0 aliphatic rings. The van der Waals surface area contributed by atoms with Gasteiger partial charge in [-0.1, -0.05) is 12.1 Å². The van der Waals surface area contributed by atoms with E-state index in [0.717, 1.165) is 23.4 Å². The maximum Gasteiger partial charge on any atom is 0.416 e. The van der Waals surface area contributed by atoms with Gasteiger partial charge >= 0.3 is 6.18 Å². The molecule has 0 fully saturated rings. The summed E-state index contributed by atoms with van der Waals surface area (Å²) in [6.45, 7) is 2.42. The number of alkyl halides is 3. The number of rotatable bonds is 7. The van der Waals surface area contributed by atoms with Crippen LogP contribution in [0.2, 0.25) is 0 Å². The molecular weight excluding hydrogens is 381 g/mol. The van der Waals surface area contributed by atoms with E-state index in [1.54, 1.807) is 0 Å². The van der Waals surface area contributed by atoms with Gasteiger partial charge in [-0.15, -0.1) is 12.4 Å². The molecule has 0 heterocycles. The lowest BCUT2D eigenvalue weighted by atomic mass is 10.1. The first-order chi connectivity index (χ1) is 12.3. The molecular formula is C19H22ClF3N2O2. The SMILES string of the molecule is CCOc1ccc(CCC(=O)Nc2cc(CN)cc(C(F)(F)F)c2)cc1.Cl. The third kappa shape index (κ3) is 7.11. The molecule has 4 nitrogen and oxygen atoms in total. The van der Waals surface area contributed by atoms with Crippen LogP contribution in [0.3, 0.4) is 0 Å². The van der Waals surface area contributed by atoms with Crippen LogP contribution in [0, 0.1) is 0 Å². The van der Waals surface area contributed by atoms with Crippen molar-refractivity contribution in [2.24, 2.45) is 5.73 Å². The molecule has 0 radical (unpaired) electrons. The van der Waals surface area contributed by atoms with E-state index < -0.39 is 11.7 Å². The minimum atomic E-state index is -4.49. The van der Waals surface area contributed by atoms with Gasteiger partial charge in [0.05, 0.1) is 12.2 Å². The minimum absolute atomic E-state index is 0. The highest BCUT2D eigenvalue weighted by molar-refractivity contribution is 5.91. The standard InChI is InChI=1S/C19H21F3N2O2.ClH/c1-2-26-17-6-3-13(4-7-17)5-8-18(25)24-16-10-14(12-23)9-15(11-16)19(20,21)22;/h3-4,6-7,9-11H,2,5,8,12,23H2,1H3,(H,24,25);1H. The summed E-state index contributed by atoms with van der Waals surface area (Å²) < 4.78 is 44.1. The van der Waals surface area contributed by atoms with Crippen LogP contribution in [-0.4, -0.2) is 12.5 Å². The van der Waals surface area contributed by atoms with Crippen molar-refractivity contribution in [3.05, 3.63) is 59.2 Å². The van der Waals surface area contributed by atoms with Crippen molar-refractivity contribution in [2.75, 3.05) is 11.9 Å². The molecule has 2 aromatic carbocycles. The molecule has 148 valence electrons. The Morgan fingerprint density at radius 3 is 2.33 bits per heavy atom. The van der Waals surface area contributed by atoms with Gasteiger partial charge in [0.15, 0.2) is 0 Å². The van der Waals surface area contributed by atoms with Crippen molar-refractivity contribution in [2.45, 2.75) is 32.5 Å². The number of amides is 1. The number of nitrogens with one attached hydrogen (secondary N) is 1. The third-order valence-electron chi connectivity index (χ3n) is 3.71. The molecule has 0 aliphatic heterocycles. The van der Waals surface area contributed by atoms with Crippen molar-refractivity contribution in [3.8, 4) is 5.75 Å². The monoisotopic (exact) mass is 402 g/mol. The fourth-order valence-corrected chi connectivity index (χ4v) is 2.45. The van der Waals surface area contributed by atoms with E-state index in [0.29, 0.717) is 18.6 Å². The van der Waals surface area contributed by atoms with Gasteiger partial charge in [0.25, 0.3) is 0 Å². The highest BCUT2D eigenvalue weighted by Gasteiger charge is 2.31. The van der Waals surface area contributed by atoms with Crippen molar-refractivity contribution in [3.63, 3.8) is 0 Å². The molecule has 3 N–H and O–H groups in total. The third-order valence-corrected chi connectivity index (χ3v) is 3.71. The van der Waals surface area contributed by atoms with Gasteiger partial charge < -0.3 is 15.8 Å². The largest absolute Gasteiger partial charge is 0.494 e. The Morgan fingerprint density at radius 2 is 1.78 bits per heavy atom. The quantitative estimate of drug-likeness (QED) is 0.713. The summed E-state index contributed by atoms with van der Waals surface area (Å²) in [5.74, 6) is 0.389. The Hall–Kier alpha value is -2.25. The van der Waals surface area contributed by atoms with E-state index in [1.165, 1.54) is 6.07 Å². The van der Waals surface area contributed by atoms with Gasteiger partial charge in [0.2, 0.25) is 5.91 Å². The van der Waals surface area contributed by atoms with Gasteiger partial charge in [-0.25, -0.2) is 0 Å². The molecule has 0 atom stereocenters. The van der Waals surface area contributed by atoms with Crippen LogP contribution in [0.4, 0.5) is 18.9 Å². The van der Waals surface area contributed by atoms with Crippen LogP contribution in [0.15, 0.2) is 42.5 Å². The molecule has 8 heteroatoms. The first-order valence-corrected chi connectivity index (χ1v) is 8.24. The predicted molar refractivity (Wildman–Crippen MR) is 101 cm³/mol. The maximum absolute atomic E-state index is 12.9. The van der Waals surface area contributed by atoms with Crippen molar-refractivity contribution >= 4 is 24.0 Å². The first-order valence-electron chi connectivity index (χ1n) is 8.24. The Morgan fingerprint density at radius 1 is 1.11 bits per heavy atom. The van der Waals surface area contributed by atoms with E-state index in [1.807, 2.05) is 31.2 Å². The van der Waals surface area contributed by atoms with Gasteiger partial charge in [0.1, 0.15) is 5.75 Å². The maximum atomic E-state index is 12.9. The fourth-order valence-electron chi connectivity index (χ4n) is 2.45. The molecule has 0 bridgehead atoms. The number of carbonyl (C=O) groups is 1. The molecule has 2 rings (SSSR count). The van der Waals surface area contributed by atoms with Crippen LogP contribution in [0.1, 0.15) is 30.0 Å². The fraction of sp³-hybridized carbons (Fsp3) is 0.316. The predicted octanol–water partition coefficient (Wildman–Crippen LogP) is 4.56. The normalized spacial score (nSPS) is 10.9. The lowest BCUT2D eigenvalue weighted by Crippen LogP contribution is -2.14. The zero-order chi connectivity index (χ0) is 19.2. The summed E-state index contributed by atoms with van der Waals surface area (Å²) in [6.07, 6.45) is -3.86. The highest BCUT2D eigenvalue weighted by Crippen LogP contribution is 2.32. The number of anilines is 1. The average molecular weight is 403 g/mol. The minimum Gasteiger partial charge on any atom is -0.494 e. The highest BCUT2D eigenvalue weighted by atomic mass is 35.5. The number of nitrogens with two attached hydrogens (primary N) is 1. The summed E-state index contributed by atoms with van der Waals surface area (Å²) >= 11 is 0. The van der Waals surface area contributed by atoms with Gasteiger partial charge in [0, 0.05) is 18.7 Å². The molecule has 2 aromatic rings. The Balaban J connectivity index is 0.00000364. The van der Waals surface area contributed by atoms with Gasteiger partial charge in [-0.3, -0.25) is 4.79 Å². The molecule has 1 amide bonds. The summed E-state index contributed by atoms with van der Waals surface area (Å²) in [5, 5.41) is 2.51. The number of ether oxygens (including phenoxy) is 1. The van der Waals surface area contributed by atoms with E-state index in [9.17, 15) is 18.0 Å². The van der Waals surface area contributed by atoms with E-state index in [4.69, 9.17) is 10.5 Å².